The normalized spacial score (nSPS) is 10.5. The molecule has 5 aromatic rings. The minimum absolute atomic E-state index is 0.353. The zero-order chi connectivity index (χ0) is 20.8. The van der Waals surface area contributed by atoms with Gasteiger partial charge in [0, 0.05) is 0 Å². The van der Waals surface area contributed by atoms with Gasteiger partial charge in [0.05, 0.1) is 24.3 Å². The van der Waals surface area contributed by atoms with Crippen LogP contribution < -0.4 is 0 Å². The third kappa shape index (κ3) is 2.30. The number of nitrogens with zero attached hydrogens (tertiary/aromatic N) is 4. The standard InChI is InChI=1S/C26H10N4/c1-29-25-11-16-4-6-20-19-5-3-15-9-17(13-27)18(14-28)10-23(15)21(19)7-8-22(20)24(16)12-26(25)30-2/h3-12H. The molecule has 0 aliphatic heterocycles. The van der Waals surface area contributed by atoms with Crippen molar-refractivity contribution in [3.63, 3.8) is 0 Å². The van der Waals surface area contributed by atoms with Gasteiger partial charge in [-0.1, -0.05) is 48.5 Å². The molecular weight excluding hydrogens is 368 g/mol. The molecule has 134 valence electrons. The van der Waals surface area contributed by atoms with E-state index in [0.29, 0.717) is 22.5 Å². The quantitative estimate of drug-likeness (QED) is 0.212. The van der Waals surface area contributed by atoms with Crippen LogP contribution in [0.5, 0.6) is 0 Å². The highest BCUT2D eigenvalue weighted by atomic mass is 14.7. The molecule has 0 fully saturated rings. The van der Waals surface area contributed by atoms with Crippen LogP contribution in [0.3, 0.4) is 0 Å². The lowest BCUT2D eigenvalue weighted by Crippen LogP contribution is -1.87. The molecule has 0 saturated carbocycles. The van der Waals surface area contributed by atoms with Gasteiger partial charge in [-0.2, -0.15) is 10.5 Å². The van der Waals surface area contributed by atoms with Gasteiger partial charge in [-0.25, -0.2) is 0 Å². The number of rotatable bonds is 0. The fourth-order valence-electron chi connectivity index (χ4n) is 4.13. The highest BCUT2D eigenvalue weighted by molar-refractivity contribution is 6.22. The Kier molecular flexibility index (Phi) is 3.63. The first-order valence-electron chi connectivity index (χ1n) is 9.13. The Bertz CT molecular complexity index is 1600. The average Bonchev–Trinajstić information content (AvgIpc) is 2.81. The van der Waals surface area contributed by atoms with E-state index in [-0.39, 0.29) is 0 Å². The van der Waals surface area contributed by atoms with Crippen LogP contribution in [-0.2, 0) is 0 Å². The van der Waals surface area contributed by atoms with E-state index in [1.54, 1.807) is 24.3 Å². The highest BCUT2D eigenvalue weighted by Crippen LogP contribution is 2.39. The summed E-state index contributed by atoms with van der Waals surface area (Å²) < 4.78 is 0. The first kappa shape index (κ1) is 17.2. The monoisotopic (exact) mass is 378 g/mol. The summed E-state index contributed by atoms with van der Waals surface area (Å²) >= 11 is 0. The Labute approximate surface area is 172 Å². The van der Waals surface area contributed by atoms with Gasteiger partial charge in [0.2, 0.25) is 0 Å². The van der Waals surface area contributed by atoms with E-state index in [4.69, 9.17) is 13.1 Å². The Morgan fingerprint density at radius 2 is 0.967 bits per heavy atom. The van der Waals surface area contributed by atoms with Crippen molar-refractivity contribution < 1.29 is 0 Å². The fourth-order valence-corrected chi connectivity index (χ4v) is 4.13. The highest BCUT2D eigenvalue weighted by Gasteiger charge is 2.12. The van der Waals surface area contributed by atoms with Crippen molar-refractivity contribution in [2.24, 2.45) is 0 Å². The number of fused-ring (bicyclic) bond motifs is 7. The van der Waals surface area contributed by atoms with Gasteiger partial charge >= 0.3 is 0 Å². The predicted molar refractivity (Wildman–Crippen MR) is 118 cm³/mol. The Morgan fingerprint density at radius 1 is 0.533 bits per heavy atom. The second kappa shape index (κ2) is 6.32. The number of nitriles is 2. The molecule has 0 bridgehead atoms. The fraction of sp³-hybridized carbons (Fsp3) is 0. The average molecular weight is 378 g/mol. The zero-order valence-corrected chi connectivity index (χ0v) is 15.6. The summed E-state index contributed by atoms with van der Waals surface area (Å²) in [6.45, 7) is 14.7. The lowest BCUT2D eigenvalue weighted by molar-refractivity contribution is 1.45. The minimum atomic E-state index is 0.353. The maximum absolute atomic E-state index is 9.42. The van der Waals surface area contributed by atoms with E-state index in [9.17, 15) is 10.5 Å². The van der Waals surface area contributed by atoms with Crippen LogP contribution >= 0.6 is 0 Å². The Morgan fingerprint density at radius 3 is 1.53 bits per heavy atom. The van der Waals surface area contributed by atoms with Crippen LogP contribution in [0.15, 0.2) is 60.7 Å². The lowest BCUT2D eigenvalue weighted by atomic mass is 9.92. The van der Waals surface area contributed by atoms with Gasteiger partial charge < -0.3 is 0 Å². The molecule has 5 aromatic carbocycles. The van der Waals surface area contributed by atoms with Gasteiger partial charge in [-0.15, -0.1) is 0 Å². The SMILES string of the molecule is [C-]#[N+]c1cc2ccc3c(ccc4c5cc(C#N)c(C#N)cc5ccc43)c2cc1[N+]#[C-]. The molecule has 0 heterocycles. The van der Waals surface area contributed by atoms with E-state index in [1.807, 2.05) is 36.4 Å². The van der Waals surface area contributed by atoms with Crippen LogP contribution in [0.2, 0.25) is 0 Å². The number of hydrogen-bond donors (Lipinski definition) is 0. The molecular formula is C26H10N4. The summed E-state index contributed by atoms with van der Waals surface area (Å²) in [6, 6.07) is 23.3. The summed E-state index contributed by atoms with van der Waals surface area (Å²) in [7, 11) is 0. The summed E-state index contributed by atoms with van der Waals surface area (Å²) in [6.07, 6.45) is 0. The van der Waals surface area contributed by atoms with Crippen LogP contribution in [0.25, 0.3) is 52.8 Å². The van der Waals surface area contributed by atoms with Gasteiger partial charge in [-0.05, 0) is 55.2 Å². The summed E-state index contributed by atoms with van der Waals surface area (Å²) in [4.78, 5) is 6.99. The largest absolute Gasteiger partial charge is 0.250 e. The van der Waals surface area contributed by atoms with Crippen LogP contribution in [0, 0.1) is 35.8 Å². The molecule has 0 aromatic heterocycles. The molecule has 4 heteroatoms. The van der Waals surface area contributed by atoms with Crippen molar-refractivity contribution in [2.45, 2.75) is 0 Å². The van der Waals surface area contributed by atoms with Gasteiger partial charge in [0.1, 0.15) is 12.1 Å². The van der Waals surface area contributed by atoms with Crippen molar-refractivity contribution in [2.75, 3.05) is 0 Å². The molecule has 30 heavy (non-hydrogen) atoms. The van der Waals surface area contributed by atoms with E-state index in [2.05, 4.69) is 21.8 Å². The third-order valence-corrected chi connectivity index (χ3v) is 5.54. The van der Waals surface area contributed by atoms with Crippen molar-refractivity contribution in [1.29, 1.82) is 10.5 Å². The van der Waals surface area contributed by atoms with Crippen molar-refractivity contribution in [3.8, 4) is 12.1 Å². The van der Waals surface area contributed by atoms with Crippen molar-refractivity contribution in [3.05, 3.63) is 94.6 Å². The topological polar surface area (TPSA) is 56.3 Å². The molecule has 0 radical (unpaired) electrons. The van der Waals surface area contributed by atoms with E-state index in [0.717, 1.165) is 43.1 Å². The smallest absolute Gasteiger partial charge is 0.195 e. The molecule has 0 N–H and O–H groups in total. The van der Waals surface area contributed by atoms with Gasteiger partial charge in [-0.3, -0.25) is 9.69 Å². The molecule has 0 amide bonds. The van der Waals surface area contributed by atoms with Crippen LogP contribution in [-0.4, -0.2) is 0 Å². The number of benzene rings is 5. The second-order valence-corrected chi connectivity index (χ2v) is 7.02. The Balaban J connectivity index is 1.92. The molecule has 4 nitrogen and oxygen atoms in total. The lowest BCUT2D eigenvalue weighted by Gasteiger charge is -2.11. The molecule has 0 saturated heterocycles. The predicted octanol–water partition coefficient (Wildman–Crippen LogP) is 7.14. The van der Waals surface area contributed by atoms with E-state index in [1.165, 1.54) is 0 Å². The first-order chi connectivity index (χ1) is 14.7. The minimum Gasteiger partial charge on any atom is -0.250 e. The summed E-state index contributed by atoms with van der Waals surface area (Å²) in [5.41, 5.74) is 1.45. The van der Waals surface area contributed by atoms with Crippen molar-refractivity contribution in [1.82, 2.24) is 0 Å². The zero-order valence-electron chi connectivity index (χ0n) is 15.6. The van der Waals surface area contributed by atoms with Crippen molar-refractivity contribution >= 4 is 54.5 Å². The number of hydrogen-bond acceptors (Lipinski definition) is 2. The maximum atomic E-state index is 9.42. The molecule has 0 aliphatic rings. The van der Waals surface area contributed by atoms with Crippen LogP contribution in [0.4, 0.5) is 11.4 Å². The first-order valence-corrected chi connectivity index (χ1v) is 9.13. The molecule has 0 atom stereocenters. The Hall–Kier alpha value is -4.90. The molecule has 0 unspecified atom stereocenters. The van der Waals surface area contributed by atoms with Gasteiger partial charge in [0.15, 0.2) is 11.4 Å². The van der Waals surface area contributed by atoms with Gasteiger partial charge in [0.25, 0.3) is 0 Å². The maximum Gasteiger partial charge on any atom is 0.195 e. The van der Waals surface area contributed by atoms with E-state index < -0.39 is 0 Å². The molecule has 0 aliphatic carbocycles. The second-order valence-electron chi connectivity index (χ2n) is 7.02. The van der Waals surface area contributed by atoms with E-state index >= 15 is 0 Å². The summed E-state index contributed by atoms with van der Waals surface area (Å²) in [5, 5.41) is 26.5. The third-order valence-electron chi connectivity index (χ3n) is 5.54. The molecule has 5 rings (SSSR count). The van der Waals surface area contributed by atoms with Crippen LogP contribution in [0.1, 0.15) is 11.1 Å². The molecule has 0 spiro atoms. The summed E-state index contributed by atoms with van der Waals surface area (Å²) in [5.74, 6) is 0.